The molecular formula is C15H13N3O3. The number of hydrogen-bond acceptors (Lipinski definition) is 6. The van der Waals surface area contributed by atoms with Gasteiger partial charge in [0.15, 0.2) is 11.5 Å². The summed E-state index contributed by atoms with van der Waals surface area (Å²) in [5, 5.41) is 14.0. The maximum absolute atomic E-state index is 10.1. The number of aryl methyl sites for hydroxylation is 1. The number of hydrogen-bond donors (Lipinski definition) is 1. The quantitative estimate of drug-likeness (QED) is 0.796. The van der Waals surface area contributed by atoms with Crippen LogP contribution in [0, 0.1) is 6.92 Å². The van der Waals surface area contributed by atoms with E-state index in [9.17, 15) is 5.11 Å². The molecule has 0 amide bonds. The fourth-order valence-electron chi connectivity index (χ4n) is 1.96. The molecule has 6 heteroatoms. The van der Waals surface area contributed by atoms with Crippen molar-refractivity contribution in [3.63, 3.8) is 0 Å². The second kappa shape index (κ2) is 5.24. The molecule has 0 radical (unpaired) electrons. The smallest absolute Gasteiger partial charge is 0.262 e. The zero-order valence-electron chi connectivity index (χ0n) is 11.6. The van der Waals surface area contributed by atoms with E-state index < -0.39 is 0 Å². The average molecular weight is 283 g/mol. The van der Waals surface area contributed by atoms with Crippen LogP contribution in [0.25, 0.3) is 23.0 Å². The predicted octanol–water partition coefficient (Wildman–Crippen LogP) is 2.82. The topological polar surface area (TPSA) is 81.3 Å². The van der Waals surface area contributed by atoms with Crippen molar-refractivity contribution >= 4 is 0 Å². The minimum atomic E-state index is -0.0348. The third-order valence-corrected chi connectivity index (χ3v) is 2.99. The fourth-order valence-corrected chi connectivity index (χ4v) is 1.96. The second-order valence-electron chi connectivity index (χ2n) is 4.44. The van der Waals surface area contributed by atoms with Gasteiger partial charge in [0.2, 0.25) is 5.82 Å². The molecule has 2 heterocycles. The number of rotatable bonds is 3. The maximum Gasteiger partial charge on any atom is 0.262 e. The second-order valence-corrected chi connectivity index (χ2v) is 4.44. The standard InChI is InChI=1S/C15H13N3O3/c1-9-5-3-7-11(16-9)14-17-15(21-18-14)10-6-4-8-12(20-2)13(10)19/h3-8,19H,1-2H3. The van der Waals surface area contributed by atoms with Crippen LogP contribution in [0.15, 0.2) is 40.9 Å². The highest BCUT2D eigenvalue weighted by Gasteiger charge is 2.17. The number of aromatic nitrogens is 3. The van der Waals surface area contributed by atoms with E-state index in [0.29, 0.717) is 22.8 Å². The van der Waals surface area contributed by atoms with Crippen molar-refractivity contribution in [3.05, 3.63) is 42.1 Å². The Hall–Kier alpha value is -2.89. The molecule has 0 aliphatic carbocycles. The van der Waals surface area contributed by atoms with Gasteiger partial charge in [0.1, 0.15) is 5.69 Å². The lowest BCUT2D eigenvalue weighted by atomic mass is 10.2. The summed E-state index contributed by atoms with van der Waals surface area (Å²) in [7, 11) is 1.48. The number of nitrogens with zero attached hydrogens (tertiary/aromatic N) is 3. The predicted molar refractivity (Wildman–Crippen MR) is 75.9 cm³/mol. The van der Waals surface area contributed by atoms with Crippen LogP contribution in [-0.4, -0.2) is 27.3 Å². The molecule has 6 nitrogen and oxygen atoms in total. The van der Waals surface area contributed by atoms with Gasteiger partial charge in [-0.15, -0.1) is 0 Å². The van der Waals surface area contributed by atoms with Crippen LogP contribution >= 0.6 is 0 Å². The molecule has 0 aliphatic heterocycles. The van der Waals surface area contributed by atoms with Gasteiger partial charge in [-0.2, -0.15) is 4.98 Å². The summed E-state index contributed by atoms with van der Waals surface area (Å²) in [6.45, 7) is 1.89. The van der Waals surface area contributed by atoms with E-state index in [0.717, 1.165) is 5.69 Å². The number of phenolic OH excluding ortho intramolecular Hbond substituents is 1. The summed E-state index contributed by atoms with van der Waals surface area (Å²) in [5.41, 5.74) is 1.90. The van der Waals surface area contributed by atoms with Gasteiger partial charge in [-0.05, 0) is 31.2 Å². The Labute approximate surface area is 121 Å². The molecule has 106 valence electrons. The van der Waals surface area contributed by atoms with E-state index in [1.54, 1.807) is 24.3 Å². The van der Waals surface area contributed by atoms with Crippen LogP contribution in [0.4, 0.5) is 0 Å². The summed E-state index contributed by atoms with van der Waals surface area (Å²) < 4.78 is 10.3. The van der Waals surface area contributed by atoms with Gasteiger partial charge in [-0.1, -0.05) is 17.3 Å². The third-order valence-electron chi connectivity index (χ3n) is 2.99. The number of para-hydroxylation sites is 1. The monoisotopic (exact) mass is 283 g/mol. The number of benzene rings is 1. The van der Waals surface area contributed by atoms with Crippen LogP contribution in [0.2, 0.25) is 0 Å². The van der Waals surface area contributed by atoms with Crippen molar-refractivity contribution in [1.29, 1.82) is 0 Å². The Morgan fingerprint density at radius 3 is 2.67 bits per heavy atom. The highest BCUT2D eigenvalue weighted by Crippen LogP contribution is 2.36. The van der Waals surface area contributed by atoms with E-state index in [1.165, 1.54) is 7.11 Å². The lowest BCUT2D eigenvalue weighted by Crippen LogP contribution is -1.88. The summed E-state index contributed by atoms with van der Waals surface area (Å²) >= 11 is 0. The van der Waals surface area contributed by atoms with Crippen molar-refractivity contribution in [3.8, 4) is 34.5 Å². The third kappa shape index (κ3) is 2.43. The number of pyridine rings is 1. The zero-order chi connectivity index (χ0) is 14.8. The van der Waals surface area contributed by atoms with Gasteiger partial charge in [-0.3, -0.25) is 0 Å². The Kier molecular flexibility index (Phi) is 3.27. The number of phenols is 1. The molecule has 1 N–H and O–H groups in total. The molecule has 0 unspecified atom stereocenters. The minimum Gasteiger partial charge on any atom is -0.504 e. The molecular weight excluding hydrogens is 270 g/mol. The molecule has 0 aliphatic rings. The van der Waals surface area contributed by atoms with E-state index in [2.05, 4.69) is 15.1 Å². The molecule has 3 aromatic rings. The molecule has 0 spiro atoms. The average Bonchev–Trinajstić information content (AvgIpc) is 2.97. The normalized spacial score (nSPS) is 10.6. The lowest BCUT2D eigenvalue weighted by Gasteiger charge is -2.04. The van der Waals surface area contributed by atoms with Gasteiger partial charge < -0.3 is 14.4 Å². The number of methoxy groups -OCH3 is 1. The van der Waals surface area contributed by atoms with Crippen LogP contribution < -0.4 is 4.74 Å². The first kappa shape index (κ1) is 13.1. The minimum absolute atomic E-state index is 0.0348. The Morgan fingerprint density at radius 1 is 1.10 bits per heavy atom. The van der Waals surface area contributed by atoms with Gasteiger partial charge in [-0.25, -0.2) is 4.98 Å². The molecule has 0 saturated carbocycles. The Bertz CT molecular complexity index is 783. The first-order chi connectivity index (χ1) is 10.2. The maximum atomic E-state index is 10.1. The molecule has 3 rings (SSSR count). The molecule has 0 atom stereocenters. The largest absolute Gasteiger partial charge is 0.504 e. The van der Waals surface area contributed by atoms with Crippen LogP contribution in [0.3, 0.4) is 0 Å². The van der Waals surface area contributed by atoms with Crippen molar-refractivity contribution in [2.45, 2.75) is 6.92 Å². The number of ether oxygens (including phenoxy) is 1. The molecule has 2 aromatic heterocycles. The summed E-state index contributed by atoms with van der Waals surface area (Å²) in [4.78, 5) is 8.61. The highest BCUT2D eigenvalue weighted by atomic mass is 16.5. The van der Waals surface area contributed by atoms with Crippen molar-refractivity contribution < 1.29 is 14.4 Å². The van der Waals surface area contributed by atoms with Crippen LogP contribution in [-0.2, 0) is 0 Å². The van der Waals surface area contributed by atoms with E-state index in [-0.39, 0.29) is 11.6 Å². The summed E-state index contributed by atoms with van der Waals surface area (Å²) in [6.07, 6.45) is 0. The zero-order valence-corrected chi connectivity index (χ0v) is 11.6. The highest BCUT2D eigenvalue weighted by molar-refractivity contribution is 5.68. The Morgan fingerprint density at radius 2 is 1.90 bits per heavy atom. The molecule has 0 fully saturated rings. The molecule has 0 saturated heterocycles. The summed E-state index contributed by atoms with van der Waals surface area (Å²) in [5.74, 6) is 0.897. The first-order valence-corrected chi connectivity index (χ1v) is 6.33. The SMILES string of the molecule is COc1cccc(-c2nc(-c3cccc(C)n3)no2)c1O. The van der Waals surface area contributed by atoms with Crippen LogP contribution in [0.1, 0.15) is 5.69 Å². The summed E-state index contributed by atoms with van der Waals surface area (Å²) in [6, 6.07) is 10.6. The Balaban J connectivity index is 2.03. The molecule has 1 aromatic carbocycles. The van der Waals surface area contributed by atoms with Crippen molar-refractivity contribution in [1.82, 2.24) is 15.1 Å². The van der Waals surface area contributed by atoms with Crippen LogP contribution in [0.5, 0.6) is 11.5 Å². The number of aromatic hydroxyl groups is 1. The fraction of sp³-hybridized carbons (Fsp3) is 0.133. The van der Waals surface area contributed by atoms with Gasteiger partial charge >= 0.3 is 0 Å². The van der Waals surface area contributed by atoms with Gasteiger partial charge in [0.25, 0.3) is 5.89 Å². The lowest BCUT2D eigenvalue weighted by molar-refractivity contribution is 0.371. The van der Waals surface area contributed by atoms with E-state index in [4.69, 9.17) is 9.26 Å². The van der Waals surface area contributed by atoms with E-state index in [1.807, 2.05) is 19.1 Å². The van der Waals surface area contributed by atoms with Crippen molar-refractivity contribution in [2.75, 3.05) is 7.11 Å². The molecule has 0 bridgehead atoms. The van der Waals surface area contributed by atoms with E-state index >= 15 is 0 Å². The molecule has 21 heavy (non-hydrogen) atoms. The van der Waals surface area contributed by atoms with Gasteiger partial charge in [0.05, 0.1) is 12.7 Å². The van der Waals surface area contributed by atoms with Crippen molar-refractivity contribution in [2.24, 2.45) is 0 Å². The first-order valence-electron chi connectivity index (χ1n) is 6.33. The van der Waals surface area contributed by atoms with Gasteiger partial charge in [0, 0.05) is 5.69 Å².